The lowest BCUT2D eigenvalue weighted by Gasteiger charge is -2.23. The molecule has 9 aromatic rings. The average molecular weight is 771 g/mol. The van der Waals surface area contributed by atoms with Crippen molar-refractivity contribution in [2.24, 2.45) is 0 Å². The van der Waals surface area contributed by atoms with Crippen molar-refractivity contribution in [3.8, 4) is 56.0 Å². The zero-order valence-corrected chi connectivity index (χ0v) is 32.5. The molecule has 60 heavy (non-hydrogen) atoms. The van der Waals surface area contributed by atoms with Crippen molar-refractivity contribution in [3.63, 3.8) is 0 Å². The fourth-order valence-corrected chi connectivity index (χ4v) is 8.32. The molecule has 0 amide bonds. The second-order valence-corrected chi connectivity index (χ2v) is 15.0. The molecule has 2 aliphatic heterocycles. The Labute approximate surface area is 350 Å². The number of fused-ring (bicyclic) bond motifs is 2. The molecule has 0 bridgehead atoms. The first-order chi connectivity index (χ1) is 29.7. The summed E-state index contributed by atoms with van der Waals surface area (Å²) >= 11 is 0. The van der Waals surface area contributed by atoms with Gasteiger partial charge in [0.25, 0.3) is 0 Å². The highest BCUT2D eigenvalue weighted by molar-refractivity contribution is 6.75. The van der Waals surface area contributed by atoms with E-state index in [0.717, 1.165) is 78.6 Å². The van der Waals surface area contributed by atoms with Crippen LogP contribution in [0.3, 0.4) is 0 Å². The van der Waals surface area contributed by atoms with Crippen molar-refractivity contribution in [2.45, 2.75) is 0 Å². The molecule has 0 unspecified atom stereocenters. The van der Waals surface area contributed by atoms with Crippen LogP contribution in [-0.2, 0) is 0 Å². The maximum Gasteiger partial charge on any atom is 0.524 e. The van der Waals surface area contributed by atoms with E-state index in [9.17, 15) is 0 Å². The van der Waals surface area contributed by atoms with Crippen LogP contribution in [0.1, 0.15) is 0 Å². The van der Waals surface area contributed by atoms with Gasteiger partial charge in [0, 0.05) is 48.3 Å². The summed E-state index contributed by atoms with van der Waals surface area (Å²) in [6, 6.07) is 67.9. The van der Waals surface area contributed by atoms with Crippen LogP contribution in [0.5, 0.6) is 11.5 Å². The van der Waals surface area contributed by atoms with Gasteiger partial charge in [0.1, 0.15) is 11.5 Å². The van der Waals surface area contributed by atoms with Gasteiger partial charge in [-0.05, 0) is 91.8 Å². The summed E-state index contributed by atoms with van der Waals surface area (Å²) in [4.78, 5) is 13.2. The van der Waals surface area contributed by atoms with E-state index < -0.39 is 14.1 Å². The Hall–Kier alpha value is -7.83. The van der Waals surface area contributed by atoms with Crippen LogP contribution in [0.25, 0.3) is 44.5 Å². The van der Waals surface area contributed by atoms with Crippen molar-refractivity contribution in [1.29, 1.82) is 0 Å². The van der Waals surface area contributed by atoms with E-state index in [1.54, 1.807) is 12.4 Å². The van der Waals surface area contributed by atoms with Crippen LogP contribution in [-0.4, -0.2) is 24.1 Å². The highest BCUT2D eigenvalue weighted by Crippen LogP contribution is 2.51. The molecule has 0 aliphatic carbocycles. The van der Waals surface area contributed by atoms with Gasteiger partial charge in [0.2, 0.25) is 0 Å². The molecule has 2 aromatic heterocycles. The molecule has 2 aliphatic rings. The number of hydrogen-bond acceptors (Lipinski definition) is 6. The van der Waals surface area contributed by atoms with Gasteiger partial charge >= 0.3 is 14.1 Å². The van der Waals surface area contributed by atoms with Gasteiger partial charge in [-0.15, -0.1) is 0 Å². The van der Waals surface area contributed by atoms with E-state index in [0.29, 0.717) is 0 Å². The Kier molecular flexibility index (Phi) is 8.93. The first kappa shape index (κ1) is 35.3. The molecule has 282 valence electrons. The molecule has 6 nitrogen and oxygen atoms in total. The van der Waals surface area contributed by atoms with Gasteiger partial charge in [-0.2, -0.15) is 0 Å². The van der Waals surface area contributed by atoms with E-state index in [1.807, 2.05) is 36.7 Å². The van der Waals surface area contributed by atoms with Crippen molar-refractivity contribution in [2.75, 3.05) is 9.62 Å². The Balaban J connectivity index is 1.00. The highest BCUT2D eigenvalue weighted by atomic mass is 16.5. The van der Waals surface area contributed by atoms with Gasteiger partial charge in [-0.1, -0.05) is 146 Å². The van der Waals surface area contributed by atoms with Crippen LogP contribution in [0.15, 0.2) is 219 Å². The number of hydrogen-bond donors (Lipinski definition) is 0. The second kappa shape index (κ2) is 15.2. The number of nitrogens with zero attached hydrogens (tertiary/aromatic N) is 4. The molecule has 11 rings (SSSR count). The third-order valence-corrected chi connectivity index (χ3v) is 11.4. The van der Waals surface area contributed by atoms with Gasteiger partial charge in [0.05, 0.1) is 11.4 Å². The summed E-state index contributed by atoms with van der Waals surface area (Å²) in [6.45, 7) is 0. The molecule has 0 atom stereocenters. The van der Waals surface area contributed by atoms with Crippen molar-refractivity contribution in [1.82, 2.24) is 9.97 Å². The van der Waals surface area contributed by atoms with Crippen LogP contribution >= 0.6 is 0 Å². The van der Waals surface area contributed by atoms with Crippen LogP contribution in [0.4, 0.5) is 22.7 Å². The van der Waals surface area contributed by atoms with Gasteiger partial charge < -0.3 is 18.9 Å². The lowest BCUT2D eigenvalue weighted by molar-refractivity contribution is 0.595. The summed E-state index contributed by atoms with van der Waals surface area (Å²) in [6.07, 6.45) is 7.39. The SMILES string of the molecule is c1ccc(-c2ccc(B3Oc4cc5c(cc4N3c3ccc(-c4cccnc4)cc3)OB(c3ccc(-c4ccccc4)cc3)N5c3ccc(-c4cccnc4)cc3)cc2)cc1. The first-order valence-electron chi connectivity index (χ1n) is 20.2. The highest BCUT2D eigenvalue weighted by Gasteiger charge is 2.45. The van der Waals surface area contributed by atoms with Crippen LogP contribution in [0, 0.1) is 0 Å². The maximum atomic E-state index is 7.04. The summed E-state index contributed by atoms with van der Waals surface area (Å²) in [5.74, 6) is 1.56. The number of anilines is 4. The van der Waals surface area contributed by atoms with E-state index >= 15 is 0 Å². The summed E-state index contributed by atoms with van der Waals surface area (Å²) in [5.41, 5.74) is 15.0. The van der Waals surface area contributed by atoms with Crippen molar-refractivity contribution < 1.29 is 9.31 Å². The van der Waals surface area contributed by atoms with Gasteiger partial charge in [-0.25, -0.2) is 0 Å². The molecule has 0 N–H and O–H groups in total. The zero-order valence-electron chi connectivity index (χ0n) is 32.5. The van der Waals surface area contributed by atoms with Gasteiger partial charge in [-0.3, -0.25) is 9.97 Å². The minimum absolute atomic E-state index is 0.412. The molecule has 8 heteroatoms. The zero-order chi connectivity index (χ0) is 39.8. The molecule has 0 saturated carbocycles. The topological polar surface area (TPSA) is 50.7 Å². The Bertz CT molecular complexity index is 2700. The molecule has 0 radical (unpaired) electrons. The van der Waals surface area contributed by atoms with E-state index in [1.165, 1.54) is 11.1 Å². The third-order valence-electron chi connectivity index (χ3n) is 11.4. The van der Waals surface area contributed by atoms with Crippen LogP contribution in [0.2, 0.25) is 0 Å². The minimum atomic E-state index is -0.412. The fraction of sp³-hybridized carbons (Fsp3) is 0. The summed E-state index contributed by atoms with van der Waals surface area (Å²) in [5, 5.41) is 0. The van der Waals surface area contributed by atoms with E-state index in [2.05, 4.69) is 189 Å². The summed E-state index contributed by atoms with van der Waals surface area (Å²) < 4.78 is 14.1. The molecule has 0 saturated heterocycles. The lowest BCUT2D eigenvalue weighted by Crippen LogP contribution is -2.47. The number of aromatic nitrogens is 2. The molecule has 4 heterocycles. The van der Waals surface area contributed by atoms with E-state index in [4.69, 9.17) is 9.31 Å². The Morgan fingerprint density at radius 2 is 0.667 bits per heavy atom. The first-order valence-corrected chi connectivity index (χ1v) is 20.2. The number of pyridine rings is 2. The third kappa shape index (κ3) is 6.54. The molecular formula is C52H36B2N4O2. The Morgan fingerprint density at radius 1 is 0.333 bits per heavy atom. The largest absolute Gasteiger partial charge is 0.536 e. The van der Waals surface area contributed by atoms with E-state index in [-0.39, 0.29) is 0 Å². The number of benzene rings is 7. The lowest BCUT2D eigenvalue weighted by atomic mass is 9.71. The monoisotopic (exact) mass is 770 g/mol. The normalized spacial score (nSPS) is 12.8. The van der Waals surface area contributed by atoms with Gasteiger partial charge in [0.15, 0.2) is 0 Å². The second-order valence-electron chi connectivity index (χ2n) is 15.0. The molecule has 0 spiro atoms. The maximum absolute atomic E-state index is 7.04. The standard InChI is InChI=1S/C52H36B2N4O2/c1-3-9-37(10-4-1)39-15-23-45(24-16-39)53-57(47-27-19-41(20-28-47)43-13-7-31-55-35-43)49-33-52-50(34-51(49)59-53)58(48-29-21-42(22-30-48)44-14-8-32-56-36-44)54(60-52)46-25-17-40(18-26-46)38-11-5-2-6-12-38/h1-36H. The quantitative estimate of drug-likeness (QED) is 0.143. The predicted octanol–water partition coefficient (Wildman–Crippen LogP) is 11.0. The molecular weight excluding hydrogens is 734 g/mol. The predicted molar refractivity (Wildman–Crippen MR) is 246 cm³/mol. The molecule has 7 aromatic carbocycles. The van der Waals surface area contributed by atoms with Crippen molar-refractivity contribution in [3.05, 3.63) is 219 Å². The van der Waals surface area contributed by atoms with Crippen LogP contribution < -0.4 is 29.9 Å². The smallest absolute Gasteiger partial charge is 0.524 e. The average Bonchev–Trinajstić information content (AvgIpc) is 3.90. The van der Waals surface area contributed by atoms with Crippen molar-refractivity contribution >= 4 is 47.8 Å². The minimum Gasteiger partial charge on any atom is -0.536 e. The number of rotatable bonds is 8. The summed E-state index contributed by atoms with van der Waals surface area (Å²) in [7, 11) is -0.824. The fourth-order valence-electron chi connectivity index (χ4n) is 8.32. The Morgan fingerprint density at radius 3 is 1.03 bits per heavy atom. The molecule has 0 fully saturated rings.